The zero-order chi connectivity index (χ0) is 18.6. The Hall–Kier alpha value is -2.41. The number of aromatic carboxylic acids is 1. The lowest BCUT2D eigenvalue weighted by molar-refractivity contribution is 0.0694. The van der Waals surface area contributed by atoms with Gasteiger partial charge in [-0.15, -0.1) is 0 Å². The van der Waals surface area contributed by atoms with Crippen LogP contribution in [0.5, 0.6) is 5.75 Å². The minimum Gasteiger partial charge on any atom is -0.489 e. The largest absolute Gasteiger partial charge is 0.489 e. The van der Waals surface area contributed by atoms with Crippen molar-refractivity contribution in [3.8, 4) is 5.75 Å². The van der Waals surface area contributed by atoms with Gasteiger partial charge >= 0.3 is 5.97 Å². The highest BCUT2D eigenvalue weighted by atomic mass is 19.1. The number of carboxylic acids is 1. The number of ether oxygens (including phenoxy) is 1. The van der Waals surface area contributed by atoms with E-state index in [0.29, 0.717) is 23.4 Å². The summed E-state index contributed by atoms with van der Waals surface area (Å²) in [5, 5.41) is 9.38. The fourth-order valence-electron chi connectivity index (χ4n) is 4.19. The molecule has 0 bridgehead atoms. The Morgan fingerprint density at radius 3 is 2.69 bits per heavy atom. The number of nitrogens with zero attached hydrogens (tertiary/aromatic N) is 1. The van der Waals surface area contributed by atoms with Crippen LogP contribution in [-0.2, 0) is 0 Å². The van der Waals surface area contributed by atoms with Crippen molar-refractivity contribution in [3.05, 3.63) is 39.4 Å². The summed E-state index contributed by atoms with van der Waals surface area (Å²) in [6.07, 6.45) is 4.54. The summed E-state index contributed by atoms with van der Waals surface area (Å²) in [7, 11) is 0. The van der Waals surface area contributed by atoms with Crippen LogP contribution >= 0.6 is 0 Å². The molecule has 0 saturated heterocycles. The minimum absolute atomic E-state index is 0.00897. The third-order valence-electron chi connectivity index (χ3n) is 5.61. The SMILES string of the molecule is CC1COc2c(C3CCC(N)CC3)c(F)cc3c(=O)c(C(=O)O)cn1c23. The smallest absolute Gasteiger partial charge is 0.341 e. The van der Waals surface area contributed by atoms with E-state index < -0.39 is 17.2 Å². The number of carbonyl (C=O) groups is 1. The van der Waals surface area contributed by atoms with Crippen LogP contribution in [0.25, 0.3) is 10.9 Å². The number of hydrogen-bond acceptors (Lipinski definition) is 4. The van der Waals surface area contributed by atoms with E-state index in [-0.39, 0.29) is 29.0 Å². The molecule has 138 valence electrons. The Morgan fingerprint density at radius 1 is 1.35 bits per heavy atom. The van der Waals surface area contributed by atoms with E-state index in [4.69, 9.17) is 10.5 Å². The third-order valence-corrected chi connectivity index (χ3v) is 5.61. The summed E-state index contributed by atoms with van der Waals surface area (Å²) < 4.78 is 22.6. The Balaban J connectivity index is 2.00. The molecule has 1 atom stereocenters. The Labute approximate surface area is 149 Å². The van der Waals surface area contributed by atoms with Gasteiger partial charge in [0.25, 0.3) is 0 Å². The molecule has 0 radical (unpaired) electrons. The molecule has 1 aliphatic carbocycles. The van der Waals surface area contributed by atoms with Gasteiger partial charge in [-0.2, -0.15) is 0 Å². The normalized spacial score (nSPS) is 25.1. The number of halogens is 1. The topological polar surface area (TPSA) is 94.6 Å². The van der Waals surface area contributed by atoms with Gasteiger partial charge in [0.2, 0.25) is 5.43 Å². The fraction of sp³-hybridized carbons (Fsp3) is 0.474. The van der Waals surface area contributed by atoms with Gasteiger partial charge in [-0.3, -0.25) is 4.79 Å². The van der Waals surface area contributed by atoms with E-state index in [9.17, 15) is 14.7 Å². The monoisotopic (exact) mass is 360 g/mol. The van der Waals surface area contributed by atoms with Crippen LogP contribution in [0.1, 0.15) is 60.5 Å². The second-order valence-electron chi connectivity index (χ2n) is 7.35. The highest BCUT2D eigenvalue weighted by Gasteiger charge is 2.32. The zero-order valence-corrected chi connectivity index (χ0v) is 14.5. The fourth-order valence-corrected chi connectivity index (χ4v) is 4.19. The van der Waals surface area contributed by atoms with Crippen molar-refractivity contribution < 1.29 is 19.0 Å². The summed E-state index contributed by atoms with van der Waals surface area (Å²) in [4.78, 5) is 24.0. The number of rotatable bonds is 2. The number of aromatic nitrogens is 1. The van der Waals surface area contributed by atoms with Gasteiger partial charge in [0, 0.05) is 17.8 Å². The molecule has 2 heterocycles. The maximum Gasteiger partial charge on any atom is 0.341 e. The van der Waals surface area contributed by atoms with Crippen LogP contribution in [0.2, 0.25) is 0 Å². The van der Waals surface area contributed by atoms with Crippen molar-refractivity contribution in [2.75, 3.05) is 6.61 Å². The van der Waals surface area contributed by atoms with Gasteiger partial charge in [-0.1, -0.05) is 0 Å². The van der Waals surface area contributed by atoms with Gasteiger partial charge in [-0.25, -0.2) is 9.18 Å². The zero-order valence-electron chi connectivity index (χ0n) is 14.5. The third kappa shape index (κ3) is 2.49. The summed E-state index contributed by atoms with van der Waals surface area (Å²) in [5.74, 6) is -1.45. The molecule has 1 unspecified atom stereocenters. The molecular formula is C19H21FN2O4. The molecule has 1 aromatic heterocycles. The number of benzene rings is 1. The molecule has 7 heteroatoms. The van der Waals surface area contributed by atoms with E-state index in [0.717, 1.165) is 25.7 Å². The summed E-state index contributed by atoms with van der Waals surface area (Å²) in [6, 6.07) is 1.17. The van der Waals surface area contributed by atoms with Crippen LogP contribution < -0.4 is 15.9 Å². The highest BCUT2D eigenvalue weighted by Crippen LogP contribution is 2.44. The van der Waals surface area contributed by atoms with Crippen LogP contribution in [0.3, 0.4) is 0 Å². The standard InChI is InChI=1S/C19H21FN2O4/c1-9-8-26-18-15(10-2-4-11(21)5-3-10)14(20)6-12-16(18)22(9)7-13(17(12)23)19(24)25/h6-7,9-11H,2-5,8,21H2,1H3,(H,24,25). The van der Waals surface area contributed by atoms with Gasteiger partial charge < -0.3 is 20.1 Å². The van der Waals surface area contributed by atoms with Crippen LogP contribution in [0.15, 0.2) is 17.1 Å². The average Bonchev–Trinajstić information content (AvgIpc) is 2.60. The Morgan fingerprint density at radius 2 is 2.04 bits per heavy atom. The van der Waals surface area contributed by atoms with Crippen molar-refractivity contribution >= 4 is 16.9 Å². The van der Waals surface area contributed by atoms with E-state index >= 15 is 4.39 Å². The van der Waals surface area contributed by atoms with E-state index in [1.54, 1.807) is 4.57 Å². The Kier molecular flexibility index (Phi) is 3.99. The second-order valence-corrected chi connectivity index (χ2v) is 7.35. The number of pyridine rings is 1. The number of nitrogens with two attached hydrogens (primary N) is 1. The van der Waals surface area contributed by atoms with Crippen molar-refractivity contribution in [1.29, 1.82) is 0 Å². The van der Waals surface area contributed by atoms with E-state index in [1.807, 2.05) is 6.92 Å². The van der Waals surface area contributed by atoms with Crippen LogP contribution in [0.4, 0.5) is 4.39 Å². The lowest BCUT2D eigenvalue weighted by Gasteiger charge is -2.32. The molecule has 1 aliphatic heterocycles. The molecule has 4 rings (SSSR count). The average molecular weight is 360 g/mol. The van der Waals surface area contributed by atoms with Crippen molar-refractivity contribution in [2.45, 2.75) is 50.6 Å². The molecule has 3 N–H and O–H groups in total. The lowest BCUT2D eigenvalue weighted by Crippen LogP contribution is -2.29. The second kappa shape index (κ2) is 6.09. The van der Waals surface area contributed by atoms with E-state index in [2.05, 4.69) is 0 Å². The minimum atomic E-state index is -1.31. The van der Waals surface area contributed by atoms with Crippen molar-refractivity contribution in [1.82, 2.24) is 4.57 Å². The summed E-state index contributed by atoms with van der Waals surface area (Å²) in [5.41, 5.74) is 5.91. The van der Waals surface area contributed by atoms with Crippen LogP contribution in [-0.4, -0.2) is 28.3 Å². The van der Waals surface area contributed by atoms with Crippen molar-refractivity contribution in [2.24, 2.45) is 5.73 Å². The maximum atomic E-state index is 15.0. The molecule has 26 heavy (non-hydrogen) atoms. The quantitative estimate of drug-likeness (QED) is 0.859. The first-order chi connectivity index (χ1) is 12.4. The van der Waals surface area contributed by atoms with Gasteiger partial charge in [0.15, 0.2) is 0 Å². The molecule has 6 nitrogen and oxygen atoms in total. The van der Waals surface area contributed by atoms with Crippen LogP contribution in [0, 0.1) is 5.82 Å². The van der Waals surface area contributed by atoms with Crippen molar-refractivity contribution in [3.63, 3.8) is 0 Å². The lowest BCUT2D eigenvalue weighted by atomic mass is 9.81. The molecule has 2 aliphatic rings. The van der Waals surface area contributed by atoms with E-state index in [1.165, 1.54) is 12.3 Å². The number of carboxylic acid groups (broad SMARTS) is 1. The van der Waals surface area contributed by atoms with Gasteiger partial charge in [0.05, 0.1) is 16.9 Å². The molecule has 0 amide bonds. The molecular weight excluding hydrogens is 339 g/mol. The predicted molar refractivity (Wildman–Crippen MR) is 94.5 cm³/mol. The Bertz CT molecular complexity index is 960. The van der Waals surface area contributed by atoms with Gasteiger partial charge in [0.1, 0.15) is 23.7 Å². The molecule has 1 aromatic carbocycles. The first-order valence-corrected chi connectivity index (χ1v) is 8.91. The highest BCUT2D eigenvalue weighted by molar-refractivity contribution is 5.95. The molecule has 0 spiro atoms. The maximum absolute atomic E-state index is 15.0. The molecule has 1 fully saturated rings. The van der Waals surface area contributed by atoms with Gasteiger partial charge in [-0.05, 0) is 44.6 Å². The summed E-state index contributed by atoms with van der Waals surface area (Å²) >= 11 is 0. The molecule has 2 aromatic rings. The predicted octanol–water partition coefficient (Wildman–Crippen LogP) is 2.78. The first kappa shape index (κ1) is 17.0. The first-order valence-electron chi connectivity index (χ1n) is 8.91. The number of hydrogen-bond donors (Lipinski definition) is 2. The molecule has 1 saturated carbocycles. The summed E-state index contributed by atoms with van der Waals surface area (Å²) in [6.45, 7) is 2.17.